The number of rotatable bonds is 8. The standard InChI is InChI=1S/C25H23NO4/c1-18(27)21-14-8-9-15-23(21)26-24(28)17-30-25(29)16-22(19-10-4-2-5-11-19)20-12-6-3-7-13-20/h2-15,22H,16-17H2,1H3,(H,26,28). The zero-order valence-electron chi connectivity index (χ0n) is 16.7. The van der Waals surface area contributed by atoms with E-state index >= 15 is 0 Å². The maximum absolute atomic E-state index is 12.5. The summed E-state index contributed by atoms with van der Waals surface area (Å²) in [5.74, 6) is -1.28. The van der Waals surface area contributed by atoms with Crippen molar-refractivity contribution in [3.63, 3.8) is 0 Å². The summed E-state index contributed by atoms with van der Waals surface area (Å²) in [7, 11) is 0. The first-order valence-corrected chi connectivity index (χ1v) is 9.70. The molecule has 3 aromatic carbocycles. The number of esters is 1. The molecular formula is C25H23NO4. The van der Waals surface area contributed by atoms with Gasteiger partial charge in [-0.2, -0.15) is 0 Å². The number of para-hydroxylation sites is 1. The molecular weight excluding hydrogens is 378 g/mol. The molecule has 0 aromatic heterocycles. The highest BCUT2D eigenvalue weighted by molar-refractivity contribution is 6.04. The number of hydrogen-bond donors (Lipinski definition) is 1. The van der Waals surface area contributed by atoms with Gasteiger partial charge in [-0.25, -0.2) is 0 Å². The van der Waals surface area contributed by atoms with Crippen LogP contribution in [-0.2, 0) is 14.3 Å². The molecule has 0 aliphatic carbocycles. The van der Waals surface area contributed by atoms with Crippen LogP contribution in [0.15, 0.2) is 84.9 Å². The lowest BCUT2D eigenvalue weighted by atomic mass is 9.89. The molecule has 0 saturated heterocycles. The average molecular weight is 401 g/mol. The van der Waals surface area contributed by atoms with E-state index in [0.717, 1.165) is 11.1 Å². The Morgan fingerprint density at radius 3 is 1.90 bits per heavy atom. The highest BCUT2D eigenvalue weighted by Crippen LogP contribution is 2.28. The lowest BCUT2D eigenvalue weighted by molar-refractivity contribution is -0.147. The Labute approximate surface area is 175 Å². The van der Waals surface area contributed by atoms with Crippen LogP contribution in [0.2, 0.25) is 0 Å². The van der Waals surface area contributed by atoms with Crippen LogP contribution in [0.3, 0.4) is 0 Å². The number of benzene rings is 3. The maximum Gasteiger partial charge on any atom is 0.307 e. The van der Waals surface area contributed by atoms with Crippen molar-refractivity contribution in [2.24, 2.45) is 0 Å². The largest absolute Gasteiger partial charge is 0.456 e. The molecule has 5 heteroatoms. The molecule has 1 amide bonds. The number of ether oxygens (including phenoxy) is 1. The summed E-state index contributed by atoms with van der Waals surface area (Å²) in [6, 6.07) is 26.1. The second kappa shape index (κ2) is 10.2. The van der Waals surface area contributed by atoms with Crippen molar-refractivity contribution >= 4 is 23.3 Å². The Morgan fingerprint density at radius 1 is 0.800 bits per heavy atom. The molecule has 3 aromatic rings. The normalized spacial score (nSPS) is 10.5. The Morgan fingerprint density at radius 2 is 1.33 bits per heavy atom. The Bertz CT molecular complexity index is 976. The fraction of sp³-hybridized carbons (Fsp3) is 0.160. The summed E-state index contributed by atoms with van der Waals surface area (Å²) < 4.78 is 5.21. The second-order valence-electron chi connectivity index (χ2n) is 6.89. The molecule has 5 nitrogen and oxygen atoms in total. The van der Waals surface area contributed by atoms with Gasteiger partial charge in [-0.3, -0.25) is 14.4 Å². The predicted octanol–water partition coefficient (Wildman–Crippen LogP) is 4.59. The van der Waals surface area contributed by atoms with Gasteiger partial charge in [0.1, 0.15) is 0 Å². The second-order valence-corrected chi connectivity index (χ2v) is 6.89. The zero-order chi connectivity index (χ0) is 21.3. The van der Waals surface area contributed by atoms with Gasteiger partial charge in [-0.15, -0.1) is 0 Å². The molecule has 0 spiro atoms. The van der Waals surface area contributed by atoms with Crippen LogP contribution in [0.1, 0.15) is 40.7 Å². The maximum atomic E-state index is 12.5. The van der Waals surface area contributed by atoms with Gasteiger partial charge in [0.25, 0.3) is 5.91 Å². The van der Waals surface area contributed by atoms with E-state index in [4.69, 9.17) is 4.74 Å². The highest BCUT2D eigenvalue weighted by atomic mass is 16.5. The van der Waals surface area contributed by atoms with Gasteiger partial charge in [0.05, 0.1) is 12.1 Å². The van der Waals surface area contributed by atoms with Crippen LogP contribution in [0, 0.1) is 0 Å². The minimum atomic E-state index is -0.493. The van der Waals surface area contributed by atoms with Crippen molar-refractivity contribution in [3.8, 4) is 0 Å². The first kappa shape index (κ1) is 21.0. The van der Waals surface area contributed by atoms with E-state index in [1.807, 2.05) is 60.7 Å². The van der Waals surface area contributed by atoms with E-state index in [1.165, 1.54) is 6.92 Å². The quantitative estimate of drug-likeness (QED) is 0.442. The summed E-state index contributed by atoms with van der Waals surface area (Å²) >= 11 is 0. The molecule has 0 aliphatic heterocycles. The molecule has 0 fully saturated rings. The molecule has 0 heterocycles. The number of carbonyl (C=O) groups excluding carboxylic acids is 3. The summed E-state index contributed by atoms with van der Waals surface area (Å²) in [6.07, 6.45) is 0.116. The fourth-order valence-corrected chi connectivity index (χ4v) is 3.26. The summed E-state index contributed by atoms with van der Waals surface area (Å²) in [5.41, 5.74) is 2.81. The summed E-state index contributed by atoms with van der Waals surface area (Å²) in [4.78, 5) is 36.4. The van der Waals surface area contributed by atoms with Crippen LogP contribution >= 0.6 is 0 Å². The van der Waals surface area contributed by atoms with Crippen molar-refractivity contribution in [2.75, 3.05) is 11.9 Å². The third-order valence-electron chi connectivity index (χ3n) is 4.72. The van der Waals surface area contributed by atoms with Crippen molar-refractivity contribution in [3.05, 3.63) is 102 Å². The van der Waals surface area contributed by atoms with Crippen molar-refractivity contribution < 1.29 is 19.1 Å². The van der Waals surface area contributed by atoms with Crippen LogP contribution in [0.25, 0.3) is 0 Å². The van der Waals surface area contributed by atoms with Gasteiger partial charge >= 0.3 is 5.97 Å². The molecule has 0 aliphatic rings. The van der Waals surface area contributed by atoms with Gasteiger partial charge in [-0.1, -0.05) is 72.8 Å². The van der Waals surface area contributed by atoms with Gasteiger partial charge in [0, 0.05) is 11.5 Å². The lowest BCUT2D eigenvalue weighted by Gasteiger charge is -2.17. The van der Waals surface area contributed by atoms with Gasteiger partial charge in [-0.05, 0) is 30.2 Å². The minimum Gasteiger partial charge on any atom is -0.456 e. The van der Waals surface area contributed by atoms with Gasteiger partial charge < -0.3 is 10.1 Å². The number of hydrogen-bond acceptors (Lipinski definition) is 4. The SMILES string of the molecule is CC(=O)c1ccccc1NC(=O)COC(=O)CC(c1ccccc1)c1ccccc1. The van der Waals surface area contributed by atoms with Crippen LogP contribution in [0.4, 0.5) is 5.69 Å². The van der Waals surface area contributed by atoms with Crippen LogP contribution in [-0.4, -0.2) is 24.3 Å². The molecule has 0 atom stereocenters. The summed E-state index contributed by atoms with van der Waals surface area (Å²) in [6.45, 7) is 1.01. The molecule has 152 valence electrons. The predicted molar refractivity (Wildman–Crippen MR) is 115 cm³/mol. The summed E-state index contributed by atoms with van der Waals surface area (Å²) in [5, 5.41) is 2.63. The van der Waals surface area contributed by atoms with Crippen molar-refractivity contribution in [2.45, 2.75) is 19.3 Å². The van der Waals surface area contributed by atoms with Gasteiger partial charge in [0.2, 0.25) is 0 Å². The first-order valence-electron chi connectivity index (χ1n) is 9.70. The van der Waals surface area contributed by atoms with E-state index in [9.17, 15) is 14.4 Å². The van der Waals surface area contributed by atoms with Crippen LogP contribution in [0.5, 0.6) is 0 Å². The first-order chi connectivity index (χ1) is 14.5. The minimum absolute atomic E-state index is 0.116. The monoisotopic (exact) mass is 401 g/mol. The number of amides is 1. The topological polar surface area (TPSA) is 72.5 Å². The fourth-order valence-electron chi connectivity index (χ4n) is 3.26. The third kappa shape index (κ3) is 5.64. The molecule has 1 N–H and O–H groups in total. The number of nitrogens with one attached hydrogen (secondary N) is 1. The number of ketones is 1. The lowest BCUT2D eigenvalue weighted by Crippen LogP contribution is -2.22. The van der Waals surface area contributed by atoms with Crippen molar-refractivity contribution in [1.82, 2.24) is 0 Å². The number of anilines is 1. The zero-order valence-corrected chi connectivity index (χ0v) is 16.7. The average Bonchev–Trinajstić information content (AvgIpc) is 2.77. The van der Waals surface area contributed by atoms with E-state index < -0.39 is 18.5 Å². The Balaban J connectivity index is 1.62. The Kier molecular flexibility index (Phi) is 7.11. The van der Waals surface area contributed by atoms with Gasteiger partial charge in [0.15, 0.2) is 12.4 Å². The number of carbonyl (C=O) groups is 3. The van der Waals surface area contributed by atoms with Crippen LogP contribution < -0.4 is 5.32 Å². The molecule has 0 bridgehead atoms. The molecule has 0 radical (unpaired) electrons. The highest BCUT2D eigenvalue weighted by Gasteiger charge is 2.20. The molecule has 30 heavy (non-hydrogen) atoms. The van der Waals surface area contributed by atoms with Crippen molar-refractivity contribution in [1.29, 1.82) is 0 Å². The smallest absolute Gasteiger partial charge is 0.307 e. The van der Waals surface area contributed by atoms with E-state index in [1.54, 1.807) is 24.3 Å². The van der Waals surface area contributed by atoms with E-state index in [2.05, 4.69) is 5.32 Å². The molecule has 3 rings (SSSR count). The van der Waals surface area contributed by atoms with E-state index in [-0.39, 0.29) is 18.1 Å². The Hall–Kier alpha value is -3.73. The molecule has 0 unspecified atom stereocenters. The molecule has 0 saturated carbocycles. The van der Waals surface area contributed by atoms with E-state index in [0.29, 0.717) is 11.3 Å². The third-order valence-corrected chi connectivity index (χ3v) is 4.72. The number of Topliss-reactive ketones (excluding diaryl/α,β-unsaturated/α-hetero) is 1.